The van der Waals surface area contributed by atoms with Gasteiger partial charge >= 0.3 is 0 Å². The van der Waals surface area contributed by atoms with Crippen LogP contribution in [0.4, 0.5) is 0 Å². The molecule has 4 rings (SSSR count). The lowest BCUT2D eigenvalue weighted by atomic mass is 10.1. The Balaban J connectivity index is 1.38. The number of carbonyl (C=O) groups excluding carboxylic acids is 1. The maximum atomic E-state index is 12.9. The second-order valence-electron chi connectivity index (χ2n) is 7.64. The van der Waals surface area contributed by atoms with Gasteiger partial charge in [0.05, 0.1) is 19.3 Å². The summed E-state index contributed by atoms with van der Waals surface area (Å²) in [6, 6.07) is 17.2. The van der Waals surface area contributed by atoms with Crippen molar-refractivity contribution in [2.45, 2.75) is 33.0 Å². The van der Waals surface area contributed by atoms with Crippen LogP contribution in [0.2, 0.25) is 0 Å². The van der Waals surface area contributed by atoms with Crippen molar-refractivity contribution < 1.29 is 9.53 Å². The van der Waals surface area contributed by atoms with Gasteiger partial charge in [-0.1, -0.05) is 48.0 Å². The number of aromatic nitrogens is 4. The third-order valence-electron chi connectivity index (χ3n) is 5.11. The molecular formula is C24H25N5O3. The van der Waals surface area contributed by atoms with Crippen LogP contribution < -0.4 is 15.6 Å². The van der Waals surface area contributed by atoms with Crippen LogP contribution in [0.1, 0.15) is 18.1 Å². The van der Waals surface area contributed by atoms with Gasteiger partial charge in [-0.25, -0.2) is 9.67 Å². The van der Waals surface area contributed by atoms with E-state index in [4.69, 9.17) is 4.74 Å². The fourth-order valence-electron chi connectivity index (χ4n) is 3.47. The third-order valence-corrected chi connectivity index (χ3v) is 5.11. The molecule has 2 heterocycles. The van der Waals surface area contributed by atoms with Crippen LogP contribution in [0.3, 0.4) is 0 Å². The number of ether oxygens (including phenoxy) is 1. The summed E-state index contributed by atoms with van der Waals surface area (Å²) < 4.78 is 8.83. The Kier molecular flexibility index (Phi) is 6.30. The Hall–Kier alpha value is -3.94. The number of nitrogens with one attached hydrogen (secondary N) is 1. The average Bonchev–Trinajstić information content (AvgIpc) is 3.20. The minimum atomic E-state index is -0.626. The zero-order valence-corrected chi connectivity index (χ0v) is 18.1. The molecule has 164 valence electrons. The highest BCUT2D eigenvalue weighted by Gasteiger charge is 2.15. The van der Waals surface area contributed by atoms with E-state index < -0.39 is 6.10 Å². The number of carbonyl (C=O) groups is 1. The van der Waals surface area contributed by atoms with Crippen LogP contribution >= 0.6 is 0 Å². The zero-order chi connectivity index (χ0) is 22.5. The molecule has 0 bridgehead atoms. The molecule has 2 aromatic heterocycles. The third kappa shape index (κ3) is 4.85. The molecule has 0 aliphatic heterocycles. The Bertz CT molecular complexity index is 1280. The van der Waals surface area contributed by atoms with Crippen molar-refractivity contribution in [1.82, 2.24) is 24.6 Å². The highest BCUT2D eigenvalue weighted by molar-refractivity contribution is 5.80. The average molecular weight is 431 g/mol. The topological polar surface area (TPSA) is 91.0 Å². The molecule has 0 saturated carbocycles. The first-order valence-corrected chi connectivity index (χ1v) is 10.5. The molecule has 0 spiro atoms. The van der Waals surface area contributed by atoms with E-state index in [1.807, 2.05) is 49.4 Å². The van der Waals surface area contributed by atoms with E-state index in [0.717, 1.165) is 11.1 Å². The Morgan fingerprint density at radius 2 is 1.97 bits per heavy atom. The van der Waals surface area contributed by atoms with Crippen LogP contribution in [0.15, 0.2) is 71.9 Å². The van der Waals surface area contributed by atoms with E-state index >= 15 is 0 Å². The van der Waals surface area contributed by atoms with E-state index in [1.165, 1.54) is 6.20 Å². The molecule has 0 radical (unpaired) electrons. The monoisotopic (exact) mass is 431 g/mol. The number of fused-ring (bicyclic) bond motifs is 1. The number of hydrogen-bond acceptors (Lipinski definition) is 5. The molecule has 0 fully saturated rings. The van der Waals surface area contributed by atoms with Gasteiger partial charge in [-0.15, -0.1) is 0 Å². The lowest BCUT2D eigenvalue weighted by Gasteiger charge is -2.14. The Labute approximate surface area is 185 Å². The highest BCUT2D eigenvalue weighted by Crippen LogP contribution is 2.11. The molecule has 32 heavy (non-hydrogen) atoms. The molecular weight excluding hydrogens is 406 g/mol. The van der Waals surface area contributed by atoms with E-state index in [-0.39, 0.29) is 11.5 Å². The number of aryl methyl sites for hydroxylation is 1. The maximum absolute atomic E-state index is 12.9. The zero-order valence-electron chi connectivity index (χ0n) is 18.1. The number of benzene rings is 2. The van der Waals surface area contributed by atoms with E-state index in [0.29, 0.717) is 36.4 Å². The van der Waals surface area contributed by atoms with Crippen molar-refractivity contribution in [2.75, 3.05) is 6.54 Å². The number of rotatable bonds is 8. The second-order valence-corrected chi connectivity index (χ2v) is 7.64. The van der Waals surface area contributed by atoms with Crippen molar-refractivity contribution in [2.24, 2.45) is 0 Å². The standard InChI is InChI=1S/C24H25N5O3/c1-17-7-6-8-19(13-17)15-28-16-26-22-21(24(28)31)14-27-29(22)12-11-25-23(30)18(2)32-20-9-4-3-5-10-20/h3-10,13-14,16,18H,11-12,15H2,1-2H3,(H,25,30). The van der Waals surface area contributed by atoms with Crippen LogP contribution in [0.25, 0.3) is 11.0 Å². The van der Waals surface area contributed by atoms with Gasteiger partial charge in [0, 0.05) is 6.54 Å². The van der Waals surface area contributed by atoms with Gasteiger partial charge < -0.3 is 10.1 Å². The number of nitrogens with zero attached hydrogens (tertiary/aromatic N) is 4. The van der Waals surface area contributed by atoms with Gasteiger partial charge in [-0.05, 0) is 31.5 Å². The van der Waals surface area contributed by atoms with Gasteiger partial charge in [-0.3, -0.25) is 14.2 Å². The van der Waals surface area contributed by atoms with Crippen LogP contribution in [-0.2, 0) is 17.9 Å². The van der Waals surface area contributed by atoms with Gasteiger partial charge in [0.25, 0.3) is 11.5 Å². The van der Waals surface area contributed by atoms with Crippen molar-refractivity contribution in [1.29, 1.82) is 0 Å². The summed E-state index contributed by atoms with van der Waals surface area (Å²) >= 11 is 0. The predicted octanol–water partition coefficient (Wildman–Crippen LogP) is 2.53. The summed E-state index contributed by atoms with van der Waals surface area (Å²) in [5.41, 5.74) is 2.54. The van der Waals surface area contributed by atoms with Crippen molar-refractivity contribution in [3.05, 3.63) is 88.6 Å². The van der Waals surface area contributed by atoms with E-state index in [9.17, 15) is 9.59 Å². The van der Waals surface area contributed by atoms with E-state index in [1.54, 1.807) is 34.6 Å². The first-order valence-electron chi connectivity index (χ1n) is 10.5. The molecule has 1 N–H and O–H groups in total. The molecule has 0 saturated heterocycles. The summed E-state index contributed by atoms with van der Waals surface area (Å²) in [7, 11) is 0. The Morgan fingerprint density at radius 3 is 2.75 bits per heavy atom. The summed E-state index contributed by atoms with van der Waals surface area (Å²) in [6.07, 6.45) is 2.44. The predicted molar refractivity (Wildman–Crippen MR) is 122 cm³/mol. The molecule has 0 aliphatic rings. The van der Waals surface area contributed by atoms with Crippen LogP contribution in [0, 0.1) is 6.92 Å². The summed E-state index contributed by atoms with van der Waals surface area (Å²) in [6.45, 7) is 4.90. The fourth-order valence-corrected chi connectivity index (χ4v) is 3.47. The Morgan fingerprint density at radius 1 is 1.16 bits per heavy atom. The van der Waals surface area contributed by atoms with Gasteiger partial charge in [-0.2, -0.15) is 5.10 Å². The molecule has 2 aromatic carbocycles. The minimum absolute atomic E-state index is 0.142. The van der Waals surface area contributed by atoms with Gasteiger partial charge in [0.1, 0.15) is 17.5 Å². The largest absolute Gasteiger partial charge is 0.481 e. The van der Waals surface area contributed by atoms with Gasteiger partial charge in [0.15, 0.2) is 11.8 Å². The smallest absolute Gasteiger partial charge is 0.264 e. The molecule has 1 unspecified atom stereocenters. The molecule has 8 nitrogen and oxygen atoms in total. The minimum Gasteiger partial charge on any atom is -0.481 e. The molecule has 4 aromatic rings. The van der Waals surface area contributed by atoms with Crippen molar-refractivity contribution in [3.8, 4) is 5.75 Å². The van der Waals surface area contributed by atoms with Gasteiger partial charge in [0.2, 0.25) is 0 Å². The van der Waals surface area contributed by atoms with Crippen molar-refractivity contribution in [3.63, 3.8) is 0 Å². The first-order chi connectivity index (χ1) is 15.5. The fraction of sp³-hybridized carbons (Fsp3) is 0.250. The quantitative estimate of drug-likeness (QED) is 0.463. The summed E-state index contributed by atoms with van der Waals surface area (Å²) in [5.74, 6) is 0.415. The lowest BCUT2D eigenvalue weighted by Crippen LogP contribution is -2.38. The number of hydrogen-bond donors (Lipinski definition) is 1. The number of para-hydroxylation sites is 1. The first kappa shape index (κ1) is 21.3. The number of amides is 1. The second kappa shape index (κ2) is 9.47. The van der Waals surface area contributed by atoms with Crippen molar-refractivity contribution >= 4 is 16.9 Å². The maximum Gasteiger partial charge on any atom is 0.264 e. The highest BCUT2D eigenvalue weighted by atomic mass is 16.5. The normalized spacial score (nSPS) is 11.9. The summed E-state index contributed by atoms with van der Waals surface area (Å²) in [4.78, 5) is 29.6. The van der Waals surface area contributed by atoms with Crippen LogP contribution in [-0.4, -0.2) is 37.9 Å². The molecule has 8 heteroatoms. The van der Waals surface area contributed by atoms with Crippen LogP contribution in [0.5, 0.6) is 5.75 Å². The van der Waals surface area contributed by atoms with E-state index in [2.05, 4.69) is 15.4 Å². The SMILES string of the molecule is Cc1cccc(Cn2cnc3c(cnn3CCNC(=O)C(C)Oc3ccccc3)c2=O)c1. The lowest BCUT2D eigenvalue weighted by molar-refractivity contribution is -0.127. The molecule has 1 amide bonds. The molecule has 1 atom stereocenters. The molecule has 0 aliphatic carbocycles. The summed E-state index contributed by atoms with van der Waals surface area (Å²) in [5, 5.41) is 7.57.